The van der Waals surface area contributed by atoms with Crippen LogP contribution in [0, 0.1) is 0 Å². The van der Waals surface area contributed by atoms with E-state index >= 15 is 0 Å². The van der Waals surface area contributed by atoms with Crippen molar-refractivity contribution in [2.24, 2.45) is 0 Å². The van der Waals surface area contributed by atoms with Crippen LogP contribution in [0.15, 0.2) is 54.9 Å². The summed E-state index contributed by atoms with van der Waals surface area (Å²) >= 11 is 0. The Hall–Kier alpha value is -7.88. The minimum Gasteiger partial charge on any atom is -0.460 e. The second kappa shape index (κ2) is 37.3. The molecule has 1 aliphatic rings. The zero-order valence-electron chi connectivity index (χ0n) is 61.3. The van der Waals surface area contributed by atoms with E-state index in [2.05, 4.69) is 36.6 Å². The van der Waals surface area contributed by atoms with Gasteiger partial charge in [0.05, 0.1) is 31.7 Å². The first-order valence-electron chi connectivity index (χ1n) is 33.8. The van der Waals surface area contributed by atoms with Gasteiger partial charge in [0.2, 0.25) is 11.8 Å². The van der Waals surface area contributed by atoms with E-state index in [0.29, 0.717) is 76.3 Å². The van der Waals surface area contributed by atoms with Gasteiger partial charge in [-0.2, -0.15) is 0 Å². The molecule has 546 valence electrons. The summed E-state index contributed by atoms with van der Waals surface area (Å²) in [4.78, 5) is 151. The van der Waals surface area contributed by atoms with Gasteiger partial charge >= 0.3 is 41.8 Å². The predicted octanol–water partition coefficient (Wildman–Crippen LogP) is 5.96. The van der Waals surface area contributed by atoms with E-state index in [9.17, 15) is 47.9 Å². The van der Waals surface area contributed by atoms with Crippen LogP contribution in [0.4, 0.5) is 4.79 Å². The molecular formula is C71H111N11O16. The van der Waals surface area contributed by atoms with Gasteiger partial charge < -0.3 is 55.0 Å². The first kappa shape index (κ1) is 82.5. The van der Waals surface area contributed by atoms with Crippen molar-refractivity contribution in [3.05, 3.63) is 71.7 Å². The highest BCUT2D eigenvalue weighted by Gasteiger charge is 2.33. The molecule has 5 amide bonds. The van der Waals surface area contributed by atoms with Crippen molar-refractivity contribution in [1.82, 2.24) is 56.2 Å². The van der Waals surface area contributed by atoms with Crippen LogP contribution in [0.25, 0.3) is 10.9 Å². The van der Waals surface area contributed by atoms with Crippen LogP contribution < -0.4 is 26.6 Å². The molecule has 1 saturated heterocycles. The van der Waals surface area contributed by atoms with E-state index in [4.69, 9.17) is 28.4 Å². The van der Waals surface area contributed by atoms with Crippen molar-refractivity contribution in [2.45, 2.75) is 221 Å². The second-order valence-corrected chi connectivity index (χ2v) is 30.7. The molecule has 0 spiro atoms. The Balaban J connectivity index is 1.46. The molecule has 98 heavy (non-hydrogen) atoms. The first-order valence-corrected chi connectivity index (χ1v) is 33.8. The lowest BCUT2D eigenvalue weighted by Gasteiger charge is -2.34. The highest BCUT2D eigenvalue weighted by Crippen LogP contribution is 2.19. The average molecular weight is 1370 g/mol. The second-order valence-electron chi connectivity index (χ2n) is 30.7. The molecule has 27 heteroatoms. The lowest BCUT2D eigenvalue weighted by Crippen LogP contribution is -2.53. The Morgan fingerprint density at radius 1 is 0.449 bits per heavy atom. The van der Waals surface area contributed by atoms with Gasteiger partial charge in [0.15, 0.2) is 0 Å². The fourth-order valence-electron chi connectivity index (χ4n) is 9.97. The Bertz CT molecular complexity index is 3110. The zero-order valence-corrected chi connectivity index (χ0v) is 61.3. The maximum atomic E-state index is 14.1. The molecule has 0 bridgehead atoms. The molecule has 1 aliphatic heterocycles. The number of ether oxygens (including phenoxy) is 6. The Morgan fingerprint density at radius 3 is 1.33 bits per heavy atom. The molecule has 1 aromatic carbocycles. The van der Waals surface area contributed by atoms with Crippen molar-refractivity contribution < 1.29 is 76.4 Å². The normalized spacial score (nSPS) is 15.5. The highest BCUT2D eigenvalue weighted by molar-refractivity contribution is 5.96. The molecule has 0 unspecified atom stereocenters. The molecule has 5 N–H and O–H groups in total. The smallest absolute Gasteiger partial charge is 0.329 e. The number of carbonyl (C=O) groups excluding carboxylic acids is 10. The van der Waals surface area contributed by atoms with Crippen LogP contribution in [0.3, 0.4) is 0 Å². The molecule has 0 radical (unpaired) electrons. The molecule has 0 aliphatic carbocycles. The Morgan fingerprint density at radius 2 is 0.878 bits per heavy atom. The molecule has 3 aromatic rings. The number of benzene rings is 1. The van der Waals surface area contributed by atoms with Crippen LogP contribution in [0.2, 0.25) is 0 Å². The number of unbranched alkanes of at least 4 members (excludes halogenated alkanes) is 1. The van der Waals surface area contributed by atoms with Crippen LogP contribution in [-0.4, -0.2) is 226 Å². The molecule has 3 heterocycles. The number of nitrogens with one attached hydrogen (secondary N) is 5. The number of esters is 6. The van der Waals surface area contributed by atoms with Crippen LogP contribution in [-0.2, 0) is 79.7 Å². The molecule has 0 saturated carbocycles. The van der Waals surface area contributed by atoms with Gasteiger partial charge in [0.1, 0.15) is 57.4 Å². The summed E-state index contributed by atoms with van der Waals surface area (Å²) in [5.74, 6) is -4.83. The number of amides is 5. The Labute approximate surface area is 578 Å². The van der Waals surface area contributed by atoms with E-state index in [0.717, 1.165) is 10.9 Å². The van der Waals surface area contributed by atoms with Crippen molar-refractivity contribution in [3.63, 3.8) is 0 Å². The van der Waals surface area contributed by atoms with Gasteiger partial charge in [-0.05, 0) is 180 Å². The van der Waals surface area contributed by atoms with Crippen molar-refractivity contribution >= 4 is 70.5 Å². The predicted molar refractivity (Wildman–Crippen MR) is 369 cm³/mol. The number of hydrogen-bond acceptors (Lipinski definition) is 22. The molecule has 1 fully saturated rings. The zero-order chi connectivity index (χ0) is 73.4. The van der Waals surface area contributed by atoms with E-state index in [1.165, 1.54) is 12.3 Å². The van der Waals surface area contributed by atoms with Crippen molar-refractivity contribution in [2.75, 3.05) is 85.1 Å². The lowest BCUT2D eigenvalue weighted by atomic mass is 10.0. The van der Waals surface area contributed by atoms with Gasteiger partial charge in [0.25, 0.3) is 5.91 Å². The largest absolute Gasteiger partial charge is 0.460 e. The number of para-hydroxylation sites is 1. The highest BCUT2D eigenvalue weighted by atomic mass is 16.6. The van der Waals surface area contributed by atoms with Gasteiger partial charge in [-0.25, -0.2) is 14.4 Å². The Kier molecular flexibility index (Phi) is 31.5. The van der Waals surface area contributed by atoms with Crippen LogP contribution in [0.5, 0.6) is 0 Å². The summed E-state index contributed by atoms with van der Waals surface area (Å²) in [5, 5.41) is 14.7. The van der Waals surface area contributed by atoms with Crippen LogP contribution in [0.1, 0.15) is 178 Å². The number of aromatic nitrogens is 2. The van der Waals surface area contributed by atoms with E-state index in [1.54, 1.807) is 137 Å². The minimum atomic E-state index is -1.27. The molecule has 4 rings (SSSR count). The summed E-state index contributed by atoms with van der Waals surface area (Å²) in [7, 11) is 0. The van der Waals surface area contributed by atoms with E-state index in [-0.39, 0.29) is 76.6 Å². The fourth-order valence-corrected chi connectivity index (χ4v) is 9.97. The molecule has 2 aromatic heterocycles. The monoisotopic (exact) mass is 1370 g/mol. The van der Waals surface area contributed by atoms with Gasteiger partial charge in [0, 0.05) is 96.1 Å². The van der Waals surface area contributed by atoms with E-state index in [1.807, 2.05) is 49.9 Å². The summed E-state index contributed by atoms with van der Waals surface area (Å²) in [6.45, 7) is 34.3. The SMILES string of the molecule is CC(C)(C)OC(=O)CC[C@H](NC(=O)N[C@@H](CCCCNC(=O)[C@@H](Cc1cnc2ccccc2c1)NC(=O)c1ccc(CNC(=O)CN2CCN(CC(=O)OC(C)(C)C)CCN(CC(=O)OC(C)(C)C)CCN(CC(=O)OC(C)(C)C)CC2)cn1)C(=O)OC(C)(C)C)C(=O)OC(C)(C)C. The average Bonchev–Trinajstić information content (AvgIpc) is 0.835. The molecule has 3 atom stereocenters. The molecule has 27 nitrogen and oxygen atoms in total. The maximum absolute atomic E-state index is 14.1. The minimum absolute atomic E-state index is 0.00106. The number of hydrogen-bond donors (Lipinski definition) is 5. The number of nitrogens with zero attached hydrogens (tertiary/aromatic N) is 6. The number of carbonyl (C=O) groups is 10. The maximum Gasteiger partial charge on any atom is 0.329 e. The standard InChI is InChI=1S/C71H111N11O16/c1-66(2,3)93-57(84)29-28-54(64(91)98-71(16,17)18)78-65(92)77-53(63(90)97-70(13,14)15)25-21-22-30-72-61(88)55(40-49-39-50-23-19-20-24-51(50)73-43-49)76-62(89)52-27-26-48(41-74-52)42-75-56(83)44-79-31-33-80(45-58(85)94-67(4,5)6)35-37-82(47-60(87)96-69(10,11)12)38-36-81(34-32-79)46-59(86)95-68(7,8)9/h19-20,23-24,26-27,39,41,43,53-55H,21-22,25,28-38,40,42,44-47H2,1-18H3,(H,72,88)(H,75,83)(H,76,89)(H2,77,78,92)/t53-,54-,55+/m0/s1. The summed E-state index contributed by atoms with van der Waals surface area (Å²) in [5.41, 5.74) is -2.78. The first-order chi connectivity index (χ1) is 45.3. The van der Waals surface area contributed by atoms with E-state index < -0.39 is 105 Å². The lowest BCUT2D eigenvalue weighted by molar-refractivity contribution is -0.159. The van der Waals surface area contributed by atoms with Gasteiger partial charge in [-0.1, -0.05) is 24.3 Å². The topological polar surface area (TPSA) is 325 Å². The van der Waals surface area contributed by atoms with Crippen molar-refractivity contribution in [3.8, 4) is 0 Å². The van der Waals surface area contributed by atoms with Crippen LogP contribution >= 0.6 is 0 Å². The number of urea groups is 1. The third kappa shape index (κ3) is 35.1. The number of fused-ring (bicyclic) bond motifs is 1. The summed E-state index contributed by atoms with van der Waals surface area (Å²) in [6.07, 6.45) is 3.48. The van der Waals surface area contributed by atoms with Gasteiger partial charge in [-0.15, -0.1) is 0 Å². The fraction of sp³-hybridized carbons (Fsp3) is 0.662. The third-order valence-electron chi connectivity index (χ3n) is 14.1. The molecular weight excluding hydrogens is 1260 g/mol. The summed E-state index contributed by atoms with van der Waals surface area (Å²) in [6, 6.07) is 8.04. The number of pyridine rings is 2. The third-order valence-corrected chi connectivity index (χ3v) is 14.1. The van der Waals surface area contributed by atoms with Crippen molar-refractivity contribution in [1.29, 1.82) is 0 Å². The quantitative estimate of drug-likeness (QED) is 0.0334. The summed E-state index contributed by atoms with van der Waals surface area (Å²) < 4.78 is 33.6. The van der Waals surface area contributed by atoms with Gasteiger partial charge in [-0.3, -0.25) is 63.1 Å². The number of rotatable bonds is 27.